The molecule has 2 aliphatic heterocycles. The van der Waals surface area contributed by atoms with E-state index in [9.17, 15) is 0 Å². The number of aliphatic hydroxyl groups excluding tert-OH is 1. The maximum Gasteiger partial charge on any atom is 0.290 e. The zero-order chi connectivity index (χ0) is 21.2. The number of aliphatic hydroxyl groups is 1. The first-order valence-electron chi connectivity index (χ1n) is 9.95. The van der Waals surface area contributed by atoms with Gasteiger partial charge in [0, 0.05) is 48.1 Å². The van der Waals surface area contributed by atoms with Crippen LogP contribution in [0.4, 0.5) is 5.69 Å². The molecule has 2 aliphatic rings. The average Bonchev–Trinajstić information content (AvgIpc) is 2.94. The van der Waals surface area contributed by atoms with Gasteiger partial charge < -0.3 is 19.8 Å². The molecule has 0 saturated carbocycles. The Balaban J connectivity index is 0.000000806. The molecule has 1 fully saturated rings. The van der Waals surface area contributed by atoms with Crippen molar-refractivity contribution in [2.24, 2.45) is 4.99 Å². The lowest BCUT2D eigenvalue weighted by atomic mass is 10.1. The Labute approximate surface area is 181 Å². The number of benzene rings is 2. The summed E-state index contributed by atoms with van der Waals surface area (Å²) in [6, 6.07) is 16.9. The van der Waals surface area contributed by atoms with Gasteiger partial charge in [0.15, 0.2) is 0 Å². The van der Waals surface area contributed by atoms with Crippen molar-refractivity contribution in [3.05, 3.63) is 54.1 Å². The van der Waals surface area contributed by atoms with E-state index in [1.807, 2.05) is 0 Å². The number of rotatable bonds is 5. The third kappa shape index (κ3) is 5.82. The zero-order valence-electron chi connectivity index (χ0n) is 16.8. The van der Waals surface area contributed by atoms with Crippen molar-refractivity contribution in [2.75, 3.05) is 52.5 Å². The van der Waals surface area contributed by atoms with Gasteiger partial charge in [0.2, 0.25) is 0 Å². The van der Waals surface area contributed by atoms with Gasteiger partial charge in [-0.1, -0.05) is 42.1 Å². The second-order valence-electron chi connectivity index (χ2n) is 6.77. The second kappa shape index (κ2) is 11.7. The van der Waals surface area contributed by atoms with Crippen LogP contribution in [0.3, 0.4) is 0 Å². The van der Waals surface area contributed by atoms with Gasteiger partial charge in [0.05, 0.1) is 25.5 Å². The minimum atomic E-state index is -0.250. The Morgan fingerprint density at radius 2 is 1.67 bits per heavy atom. The van der Waals surface area contributed by atoms with E-state index < -0.39 is 0 Å². The molecular formula is C22H27N3O4S. The van der Waals surface area contributed by atoms with Crippen LogP contribution in [0.5, 0.6) is 0 Å². The SMILES string of the molecule is O=CO.OCCOCCN1CCN(C2=Nc3ccccc3Sc3ccccc32)CC1. The van der Waals surface area contributed by atoms with E-state index in [0.29, 0.717) is 13.2 Å². The Kier molecular flexibility index (Phi) is 8.70. The molecule has 0 atom stereocenters. The molecule has 0 aliphatic carbocycles. The number of carboxylic acid groups (broad SMARTS) is 1. The van der Waals surface area contributed by atoms with Gasteiger partial charge in [-0.25, -0.2) is 4.99 Å². The second-order valence-corrected chi connectivity index (χ2v) is 7.86. The summed E-state index contributed by atoms with van der Waals surface area (Å²) >= 11 is 1.80. The molecule has 2 aromatic carbocycles. The Hall–Kier alpha value is -2.39. The highest BCUT2D eigenvalue weighted by molar-refractivity contribution is 7.99. The summed E-state index contributed by atoms with van der Waals surface area (Å²) in [5.74, 6) is 1.08. The van der Waals surface area contributed by atoms with E-state index in [1.165, 1.54) is 15.4 Å². The molecule has 0 bridgehead atoms. The average molecular weight is 430 g/mol. The van der Waals surface area contributed by atoms with E-state index >= 15 is 0 Å². The minimum Gasteiger partial charge on any atom is -0.483 e. The van der Waals surface area contributed by atoms with Crippen LogP contribution in [0.2, 0.25) is 0 Å². The molecule has 8 heteroatoms. The fraction of sp³-hybridized carbons (Fsp3) is 0.364. The number of piperazine rings is 1. The molecular weight excluding hydrogens is 402 g/mol. The van der Waals surface area contributed by atoms with Crippen LogP contribution in [0, 0.1) is 0 Å². The van der Waals surface area contributed by atoms with E-state index in [4.69, 9.17) is 24.7 Å². The van der Waals surface area contributed by atoms with Gasteiger partial charge in [-0.05, 0) is 18.2 Å². The number of nitrogens with zero attached hydrogens (tertiary/aromatic N) is 3. The summed E-state index contributed by atoms with van der Waals surface area (Å²) in [4.78, 5) is 20.7. The highest BCUT2D eigenvalue weighted by Gasteiger charge is 2.24. The van der Waals surface area contributed by atoms with Crippen LogP contribution in [0.15, 0.2) is 63.3 Å². The third-order valence-electron chi connectivity index (χ3n) is 4.90. The van der Waals surface area contributed by atoms with E-state index in [2.05, 4.69) is 58.3 Å². The minimum absolute atomic E-state index is 0.0898. The molecule has 0 spiro atoms. The molecule has 4 rings (SSSR count). The maximum absolute atomic E-state index is 8.79. The van der Waals surface area contributed by atoms with Crippen molar-refractivity contribution in [1.29, 1.82) is 0 Å². The molecule has 2 aromatic rings. The van der Waals surface area contributed by atoms with Crippen molar-refractivity contribution in [3.63, 3.8) is 0 Å². The number of fused-ring (bicyclic) bond motifs is 2. The van der Waals surface area contributed by atoms with Gasteiger partial charge in [0.25, 0.3) is 6.47 Å². The van der Waals surface area contributed by atoms with Crippen LogP contribution in [0.25, 0.3) is 0 Å². The lowest BCUT2D eigenvalue weighted by molar-refractivity contribution is -0.122. The number of hydrogen-bond donors (Lipinski definition) is 2. The molecule has 1 saturated heterocycles. The Morgan fingerprint density at radius 3 is 2.40 bits per heavy atom. The van der Waals surface area contributed by atoms with Gasteiger partial charge in [-0.2, -0.15) is 0 Å². The topological polar surface area (TPSA) is 85.6 Å². The molecule has 2 N–H and O–H groups in total. The van der Waals surface area contributed by atoms with Crippen molar-refractivity contribution >= 4 is 29.8 Å². The molecule has 0 amide bonds. The molecule has 160 valence electrons. The lowest BCUT2D eigenvalue weighted by Crippen LogP contribution is -2.49. The molecule has 0 radical (unpaired) electrons. The van der Waals surface area contributed by atoms with Gasteiger partial charge in [-0.3, -0.25) is 9.69 Å². The molecule has 7 nitrogen and oxygen atoms in total. The lowest BCUT2D eigenvalue weighted by Gasteiger charge is -2.36. The van der Waals surface area contributed by atoms with E-state index in [-0.39, 0.29) is 13.1 Å². The first-order valence-corrected chi connectivity index (χ1v) is 10.8. The van der Waals surface area contributed by atoms with Crippen molar-refractivity contribution in [2.45, 2.75) is 9.79 Å². The summed E-state index contributed by atoms with van der Waals surface area (Å²) < 4.78 is 5.40. The monoisotopic (exact) mass is 429 g/mol. The Morgan fingerprint density at radius 1 is 1.00 bits per heavy atom. The highest BCUT2D eigenvalue weighted by atomic mass is 32.2. The van der Waals surface area contributed by atoms with Crippen molar-refractivity contribution in [3.8, 4) is 0 Å². The molecule has 0 unspecified atom stereocenters. The molecule has 30 heavy (non-hydrogen) atoms. The van der Waals surface area contributed by atoms with Crippen LogP contribution < -0.4 is 0 Å². The van der Waals surface area contributed by atoms with Gasteiger partial charge in [0.1, 0.15) is 5.84 Å². The zero-order valence-corrected chi connectivity index (χ0v) is 17.6. The number of ether oxygens (including phenoxy) is 1. The van der Waals surface area contributed by atoms with Gasteiger partial charge >= 0.3 is 0 Å². The third-order valence-corrected chi connectivity index (χ3v) is 6.04. The van der Waals surface area contributed by atoms with Crippen LogP contribution in [0.1, 0.15) is 5.56 Å². The normalized spacial score (nSPS) is 15.8. The first-order chi connectivity index (χ1) is 14.8. The largest absolute Gasteiger partial charge is 0.483 e. The number of carbonyl (C=O) groups is 1. The summed E-state index contributed by atoms with van der Waals surface area (Å²) in [7, 11) is 0. The summed E-state index contributed by atoms with van der Waals surface area (Å²) in [6.07, 6.45) is 0. The Bertz CT molecular complexity index is 854. The summed E-state index contributed by atoms with van der Waals surface area (Å²) in [5, 5.41) is 15.7. The van der Waals surface area contributed by atoms with Crippen LogP contribution >= 0.6 is 11.8 Å². The quantitative estimate of drug-likeness (QED) is 0.558. The predicted molar refractivity (Wildman–Crippen MR) is 118 cm³/mol. The van der Waals surface area contributed by atoms with E-state index in [1.54, 1.807) is 11.8 Å². The predicted octanol–water partition coefficient (Wildman–Crippen LogP) is 2.56. The highest BCUT2D eigenvalue weighted by Crippen LogP contribution is 2.40. The number of aliphatic imine (C=N–C) groups is 1. The first kappa shape index (κ1) is 22.3. The number of amidine groups is 1. The van der Waals surface area contributed by atoms with E-state index in [0.717, 1.165) is 44.2 Å². The van der Waals surface area contributed by atoms with Crippen molar-refractivity contribution in [1.82, 2.24) is 9.80 Å². The summed E-state index contributed by atoms with van der Waals surface area (Å²) in [6.45, 7) is 5.76. The molecule has 2 heterocycles. The smallest absolute Gasteiger partial charge is 0.290 e. The maximum atomic E-state index is 8.79. The van der Waals surface area contributed by atoms with Crippen molar-refractivity contribution < 1.29 is 19.7 Å². The van der Waals surface area contributed by atoms with Gasteiger partial charge in [-0.15, -0.1) is 0 Å². The number of para-hydroxylation sites is 1. The van der Waals surface area contributed by atoms with Crippen LogP contribution in [-0.2, 0) is 9.53 Å². The fourth-order valence-electron chi connectivity index (χ4n) is 3.45. The van der Waals surface area contributed by atoms with Crippen LogP contribution in [-0.4, -0.2) is 84.9 Å². The number of hydrogen-bond acceptors (Lipinski definition) is 7. The fourth-order valence-corrected chi connectivity index (χ4v) is 4.47. The summed E-state index contributed by atoms with van der Waals surface area (Å²) in [5.41, 5.74) is 2.27. The standard InChI is InChI=1S/C21H25N3O2S.CH2O2/c25-14-16-26-15-13-23-9-11-24(12-10-23)21-17-5-1-3-7-19(17)27-20-8-4-2-6-18(20)22-21;2-1-3/h1-8,25H,9-16H2;1H,(H,2,3). The molecule has 0 aromatic heterocycles.